The molecule has 0 aromatic heterocycles. The summed E-state index contributed by atoms with van der Waals surface area (Å²) < 4.78 is 32.4. The molecule has 5 heteroatoms. The van der Waals surface area contributed by atoms with Crippen molar-refractivity contribution < 1.29 is 13.2 Å². The zero-order valence-electron chi connectivity index (χ0n) is 13.9. The van der Waals surface area contributed by atoms with Crippen molar-refractivity contribution in [2.75, 3.05) is 11.8 Å². The van der Waals surface area contributed by atoms with Crippen LogP contribution in [-0.2, 0) is 16.4 Å². The highest BCUT2D eigenvalue weighted by Gasteiger charge is 2.35. The van der Waals surface area contributed by atoms with E-state index in [0.717, 1.165) is 42.9 Å². The second-order valence-electron chi connectivity index (χ2n) is 6.92. The molecule has 0 radical (unpaired) electrons. The maximum Gasteiger partial charge on any atom is 0.235 e. The minimum Gasteiger partial charge on any atom is -0.496 e. The summed E-state index contributed by atoms with van der Waals surface area (Å²) in [5, 5.41) is -0.199. The smallest absolute Gasteiger partial charge is 0.235 e. The summed E-state index contributed by atoms with van der Waals surface area (Å²) in [5.41, 5.74) is 1.77. The van der Waals surface area contributed by atoms with E-state index in [2.05, 4.69) is 4.72 Å². The molecule has 2 aliphatic carbocycles. The van der Waals surface area contributed by atoms with Crippen molar-refractivity contribution >= 4 is 15.7 Å². The maximum atomic E-state index is 12.1. The van der Waals surface area contributed by atoms with E-state index in [0.29, 0.717) is 5.69 Å². The molecule has 0 bridgehead atoms. The average Bonchev–Trinajstić information content (AvgIpc) is 3.39. The van der Waals surface area contributed by atoms with E-state index in [4.69, 9.17) is 4.74 Å². The van der Waals surface area contributed by atoms with Gasteiger partial charge in [0.25, 0.3) is 0 Å². The Morgan fingerprint density at radius 1 is 1.13 bits per heavy atom. The lowest BCUT2D eigenvalue weighted by Crippen LogP contribution is -2.17. The fourth-order valence-electron chi connectivity index (χ4n) is 3.50. The van der Waals surface area contributed by atoms with Crippen LogP contribution in [0.2, 0.25) is 0 Å². The lowest BCUT2D eigenvalue weighted by molar-refractivity contribution is 0.336. The fourth-order valence-corrected chi connectivity index (χ4v) is 4.88. The van der Waals surface area contributed by atoms with Gasteiger partial charge in [-0.3, -0.25) is 4.72 Å². The number of hydrogen-bond donors (Lipinski definition) is 1. The van der Waals surface area contributed by atoms with Crippen LogP contribution in [0.5, 0.6) is 5.75 Å². The van der Waals surface area contributed by atoms with Crippen molar-refractivity contribution in [3.05, 3.63) is 23.8 Å². The molecule has 0 unspecified atom stereocenters. The number of rotatable bonds is 7. The molecule has 1 N–H and O–H groups in total. The van der Waals surface area contributed by atoms with Crippen LogP contribution in [0, 0.1) is 5.92 Å². The first kappa shape index (κ1) is 16.6. The third-order valence-corrected chi connectivity index (χ3v) is 6.92. The maximum absolute atomic E-state index is 12.1. The van der Waals surface area contributed by atoms with Crippen LogP contribution in [0.15, 0.2) is 18.2 Å². The first-order chi connectivity index (χ1) is 11.1. The Hall–Kier alpha value is -1.23. The Bertz CT molecular complexity index is 632. The standard InChI is InChI=1S/C18H27NO3S/c1-22-18-12-9-16(19-23(20,21)17-10-11-17)13-15(18)8-7-14-5-3-2-4-6-14/h9,12-14,17,19H,2-8,10-11H2,1H3. The van der Waals surface area contributed by atoms with E-state index in [1.165, 1.54) is 32.1 Å². The van der Waals surface area contributed by atoms with Gasteiger partial charge in [0.1, 0.15) is 5.75 Å². The fraction of sp³-hybridized carbons (Fsp3) is 0.667. The Morgan fingerprint density at radius 3 is 2.52 bits per heavy atom. The third kappa shape index (κ3) is 4.40. The first-order valence-corrected chi connectivity index (χ1v) is 10.3. The summed E-state index contributed by atoms with van der Waals surface area (Å²) in [6.45, 7) is 0. The second kappa shape index (κ2) is 7.12. The highest BCUT2D eigenvalue weighted by molar-refractivity contribution is 7.93. The van der Waals surface area contributed by atoms with Gasteiger partial charge in [-0.25, -0.2) is 8.42 Å². The van der Waals surface area contributed by atoms with Crippen molar-refractivity contribution in [1.29, 1.82) is 0 Å². The Kier molecular flexibility index (Phi) is 5.14. The number of ether oxygens (including phenoxy) is 1. The summed E-state index contributed by atoms with van der Waals surface area (Å²) >= 11 is 0. The van der Waals surface area contributed by atoms with Crippen LogP contribution in [0.3, 0.4) is 0 Å². The number of aryl methyl sites for hydroxylation is 1. The molecule has 2 fully saturated rings. The van der Waals surface area contributed by atoms with Gasteiger partial charge in [-0.05, 0) is 55.4 Å². The Labute approximate surface area is 139 Å². The van der Waals surface area contributed by atoms with Gasteiger partial charge in [0, 0.05) is 5.69 Å². The van der Waals surface area contributed by atoms with Gasteiger partial charge >= 0.3 is 0 Å². The van der Waals surface area contributed by atoms with Crippen molar-refractivity contribution in [3.63, 3.8) is 0 Å². The lowest BCUT2D eigenvalue weighted by atomic mass is 9.85. The molecule has 0 aliphatic heterocycles. The van der Waals surface area contributed by atoms with E-state index in [-0.39, 0.29) is 5.25 Å². The van der Waals surface area contributed by atoms with Crippen LogP contribution in [-0.4, -0.2) is 20.8 Å². The quantitative estimate of drug-likeness (QED) is 0.814. The van der Waals surface area contributed by atoms with Crippen molar-refractivity contribution in [3.8, 4) is 5.75 Å². The van der Waals surface area contributed by atoms with Crippen molar-refractivity contribution in [2.24, 2.45) is 5.92 Å². The number of methoxy groups -OCH3 is 1. The molecular formula is C18H27NO3S. The molecule has 1 aromatic carbocycles. The van der Waals surface area contributed by atoms with E-state index in [1.807, 2.05) is 12.1 Å². The van der Waals surface area contributed by atoms with Gasteiger partial charge in [-0.2, -0.15) is 0 Å². The molecule has 4 nitrogen and oxygen atoms in total. The zero-order chi connectivity index (χ0) is 16.3. The summed E-state index contributed by atoms with van der Waals surface area (Å²) in [6.07, 6.45) is 10.4. The van der Waals surface area contributed by atoms with Gasteiger partial charge in [0.2, 0.25) is 10.0 Å². The summed E-state index contributed by atoms with van der Waals surface area (Å²) in [5.74, 6) is 1.66. The highest BCUT2D eigenvalue weighted by atomic mass is 32.2. The Morgan fingerprint density at radius 2 is 1.87 bits per heavy atom. The molecule has 0 atom stereocenters. The minimum atomic E-state index is -3.20. The number of hydrogen-bond acceptors (Lipinski definition) is 3. The second-order valence-corrected chi connectivity index (χ2v) is 8.88. The number of nitrogens with one attached hydrogen (secondary N) is 1. The molecule has 0 amide bonds. The van der Waals surface area contributed by atoms with E-state index in [1.54, 1.807) is 13.2 Å². The molecule has 0 saturated heterocycles. The zero-order valence-corrected chi connectivity index (χ0v) is 14.7. The van der Waals surface area contributed by atoms with Crippen LogP contribution in [0.1, 0.15) is 56.9 Å². The predicted molar refractivity (Wildman–Crippen MR) is 93.5 cm³/mol. The van der Waals surface area contributed by atoms with Crippen LogP contribution < -0.4 is 9.46 Å². The van der Waals surface area contributed by atoms with Gasteiger partial charge < -0.3 is 4.74 Å². The van der Waals surface area contributed by atoms with E-state index < -0.39 is 10.0 Å². The predicted octanol–water partition coefficient (Wildman–Crippen LogP) is 4.11. The molecular weight excluding hydrogens is 310 g/mol. The van der Waals surface area contributed by atoms with Gasteiger partial charge in [0.05, 0.1) is 12.4 Å². The van der Waals surface area contributed by atoms with Gasteiger partial charge in [0.15, 0.2) is 0 Å². The van der Waals surface area contributed by atoms with E-state index in [9.17, 15) is 8.42 Å². The summed E-state index contributed by atoms with van der Waals surface area (Å²) in [4.78, 5) is 0. The highest BCUT2D eigenvalue weighted by Crippen LogP contribution is 2.33. The van der Waals surface area contributed by atoms with E-state index >= 15 is 0 Å². The molecule has 3 rings (SSSR count). The normalized spacial score (nSPS) is 19.5. The van der Waals surface area contributed by atoms with Crippen LogP contribution in [0.4, 0.5) is 5.69 Å². The SMILES string of the molecule is COc1ccc(NS(=O)(=O)C2CC2)cc1CCC1CCCCC1. The summed E-state index contributed by atoms with van der Waals surface area (Å²) in [7, 11) is -1.53. The largest absolute Gasteiger partial charge is 0.496 e. The minimum absolute atomic E-state index is 0.199. The molecule has 0 spiro atoms. The molecule has 1 aromatic rings. The number of sulfonamides is 1. The molecule has 23 heavy (non-hydrogen) atoms. The van der Waals surface area contributed by atoms with Crippen LogP contribution >= 0.6 is 0 Å². The summed E-state index contributed by atoms with van der Waals surface area (Å²) in [6, 6.07) is 5.62. The van der Waals surface area contributed by atoms with Crippen LogP contribution in [0.25, 0.3) is 0 Å². The van der Waals surface area contributed by atoms with Gasteiger partial charge in [-0.1, -0.05) is 32.1 Å². The first-order valence-electron chi connectivity index (χ1n) is 8.77. The lowest BCUT2D eigenvalue weighted by Gasteiger charge is -2.22. The average molecular weight is 337 g/mol. The monoisotopic (exact) mass is 337 g/mol. The van der Waals surface area contributed by atoms with Crippen molar-refractivity contribution in [2.45, 2.75) is 63.0 Å². The molecule has 0 heterocycles. The van der Waals surface area contributed by atoms with Gasteiger partial charge in [-0.15, -0.1) is 0 Å². The topological polar surface area (TPSA) is 55.4 Å². The number of benzene rings is 1. The molecule has 128 valence electrons. The molecule has 2 aliphatic rings. The molecule has 2 saturated carbocycles. The third-order valence-electron chi connectivity index (χ3n) is 5.05. The number of anilines is 1. The van der Waals surface area contributed by atoms with Crippen molar-refractivity contribution in [1.82, 2.24) is 0 Å². The Balaban J connectivity index is 1.68.